The van der Waals surface area contributed by atoms with E-state index in [9.17, 15) is 4.79 Å². The lowest BCUT2D eigenvalue weighted by Gasteiger charge is -2.42. The fourth-order valence-corrected chi connectivity index (χ4v) is 6.61. The molecule has 11 heteroatoms. The van der Waals surface area contributed by atoms with Crippen LogP contribution in [0.25, 0.3) is 32.5 Å². The molecule has 0 unspecified atom stereocenters. The van der Waals surface area contributed by atoms with Crippen LogP contribution < -0.4 is 10.2 Å². The van der Waals surface area contributed by atoms with Crippen LogP contribution in [0.1, 0.15) is 18.7 Å². The summed E-state index contributed by atoms with van der Waals surface area (Å²) in [7, 11) is 1.71. The Morgan fingerprint density at radius 2 is 1.92 bits per heavy atom. The van der Waals surface area contributed by atoms with E-state index in [1.807, 2.05) is 32.2 Å². The Morgan fingerprint density at radius 1 is 1.13 bits per heavy atom. The van der Waals surface area contributed by atoms with Gasteiger partial charge in [-0.05, 0) is 26.0 Å². The van der Waals surface area contributed by atoms with Gasteiger partial charge in [0, 0.05) is 68.7 Å². The van der Waals surface area contributed by atoms with E-state index in [0.29, 0.717) is 13.2 Å². The number of anilines is 1. The van der Waals surface area contributed by atoms with Crippen molar-refractivity contribution < 1.29 is 9.53 Å². The highest BCUT2D eigenvalue weighted by Gasteiger charge is 2.35. The van der Waals surface area contributed by atoms with Crippen LogP contribution in [-0.2, 0) is 16.1 Å². The Bertz CT molecular complexity index is 1450. The topological polar surface area (TPSA) is 103 Å². The second-order valence-electron chi connectivity index (χ2n) is 10.4. The Labute approximate surface area is 226 Å². The Balaban J connectivity index is 1.29. The van der Waals surface area contributed by atoms with Crippen LogP contribution in [0.4, 0.5) is 5.82 Å². The van der Waals surface area contributed by atoms with Gasteiger partial charge in [-0.3, -0.25) is 19.7 Å². The first kappa shape index (κ1) is 25.2. The molecule has 38 heavy (non-hydrogen) atoms. The molecule has 200 valence electrons. The maximum absolute atomic E-state index is 12.4. The van der Waals surface area contributed by atoms with E-state index in [1.165, 1.54) is 4.88 Å². The van der Waals surface area contributed by atoms with Gasteiger partial charge in [-0.25, -0.2) is 9.97 Å². The number of fused-ring (bicyclic) bond motifs is 2. The van der Waals surface area contributed by atoms with Gasteiger partial charge in [0.2, 0.25) is 5.91 Å². The maximum Gasteiger partial charge on any atom is 0.239 e. The summed E-state index contributed by atoms with van der Waals surface area (Å²) < 4.78 is 6.75. The average molecular weight is 535 g/mol. The number of aromatic nitrogens is 4. The second kappa shape index (κ2) is 10.2. The van der Waals surface area contributed by atoms with Gasteiger partial charge in [0.25, 0.3) is 0 Å². The molecule has 10 nitrogen and oxygen atoms in total. The minimum Gasteiger partial charge on any atom is -0.378 e. The number of nitrogens with zero attached hydrogens (tertiary/aromatic N) is 6. The average Bonchev–Trinajstić information content (AvgIpc) is 3.59. The molecule has 0 atom stereocenters. The number of carbonyl (C=O) groups excluding carboxylic acids is 1. The standard InChI is InChI=1S/C27H34N8O2S/c1-27(2,26(36)28-3)35-9-7-33(8-10-35)17-18-15-22-23(38-18)25(34-11-13-37-14-12-34)31-24(30-22)19-5-4-6-21-20(19)16-29-32-21/h4-6,15-16H,7-14,17H2,1-3H3,(H,28,36)(H,29,32). The van der Waals surface area contributed by atoms with Gasteiger partial charge in [0.05, 0.1) is 40.7 Å². The zero-order valence-electron chi connectivity index (χ0n) is 22.2. The molecule has 2 saturated heterocycles. The van der Waals surface area contributed by atoms with Crippen molar-refractivity contribution >= 4 is 44.2 Å². The lowest BCUT2D eigenvalue weighted by Crippen LogP contribution is -2.59. The number of thiophene rings is 1. The normalized spacial score (nSPS) is 17.9. The molecule has 5 heterocycles. The summed E-state index contributed by atoms with van der Waals surface area (Å²) in [6.07, 6.45) is 1.84. The highest BCUT2D eigenvalue weighted by Crippen LogP contribution is 2.36. The number of likely N-dealkylation sites (N-methyl/N-ethyl adjacent to an activating group) is 1. The second-order valence-corrected chi connectivity index (χ2v) is 11.6. The summed E-state index contributed by atoms with van der Waals surface area (Å²) in [5, 5.41) is 11.1. The predicted molar refractivity (Wildman–Crippen MR) is 151 cm³/mol. The number of benzene rings is 1. The highest BCUT2D eigenvalue weighted by atomic mass is 32.1. The van der Waals surface area contributed by atoms with Crippen molar-refractivity contribution in [1.29, 1.82) is 0 Å². The van der Waals surface area contributed by atoms with E-state index in [0.717, 1.165) is 84.1 Å². The predicted octanol–water partition coefficient (Wildman–Crippen LogP) is 2.71. The Morgan fingerprint density at radius 3 is 2.68 bits per heavy atom. The van der Waals surface area contributed by atoms with Crippen molar-refractivity contribution in [3.8, 4) is 11.4 Å². The highest BCUT2D eigenvalue weighted by molar-refractivity contribution is 7.19. The first-order valence-electron chi connectivity index (χ1n) is 13.2. The van der Waals surface area contributed by atoms with E-state index < -0.39 is 5.54 Å². The van der Waals surface area contributed by atoms with Gasteiger partial charge in [-0.1, -0.05) is 12.1 Å². The summed E-state index contributed by atoms with van der Waals surface area (Å²) in [4.78, 5) is 30.9. The molecule has 2 aliphatic heterocycles. The number of rotatable bonds is 6. The van der Waals surface area contributed by atoms with Gasteiger partial charge < -0.3 is 15.0 Å². The zero-order chi connectivity index (χ0) is 26.3. The zero-order valence-corrected chi connectivity index (χ0v) is 23.0. The van der Waals surface area contributed by atoms with E-state index in [1.54, 1.807) is 18.4 Å². The number of nitrogens with one attached hydrogen (secondary N) is 2. The van der Waals surface area contributed by atoms with Crippen molar-refractivity contribution in [3.05, 3.63) is 35.3 Å². The number of piperazine rings is 1. The van der Waals surface area contributed by atoms with E-state index in [4.69, 9.17) is 14.7 Å². The minimum absolute atomic E-state index is 0.0617. The van der Waals surface area contributed by atoms with Crippen molar-refractivity contribution in [1.82, 2.24) is 35.3 Å². The molecule has 2 fully saturated rings. The SMILES string of the molecule is CNC(=O)C(C)(C)N1CCN(Cc2cc3nc(-c4cccc5[nH]ncc45)nc(N4CCOCC4)c3s2)CC1. The molecular formula is C27H34N8O2S. The van der Waals surface area contributed by atoms with Crippen molar-refractivity contribution in [3.63, 3.8) is 0 Å². The van der Waals surface area contributed by atoms with Gasteiger partial charge >= 0.3 is 0 Å². The monoisotopic (exact) mass is 534 g/mol. The molecule has 0 radical (unpaired) electrons. The van der Waals surface area contributed by atoms with Crippen LogP contribution in [0, 0.1) is 0 Å². The Kier molecular flexibility index (Phi) is 6.77. The first-order chi connectivity index (χ1) is 18.4. The van der Waals surface area contributed by atoms with Crippen LogP contribution in [0.2, 0.25) is 0 Å². The third kappa shape index (κ3) is 4.64. The number of morpholine rings is 1. The molecule has 0 bridgehead atoms. The number of carbonyl (C=O) groups is 1. The molecule has 0 spiro atoms. The van der Waals surface area contributed by atoms with Crippen molar-refractivity contribution in [2.75, 3.05) is 64.4 Å². The lowest BCUT2D eigenvalue weighted by molar-refractivity contribution is -0.132. The summed E-state index contributed by atoms with van der Waals surface area (Å²) in [6.45, 7) is 11.5. The Hall–Kier alpha value is -3.12. The minimum atomic E-state index is -0.505. The van der Waals surface area contributed by atoms with Crippen LogP contribution in [0.3, 0.4) is 0 Å². The molecular weight excluding hydrogens is 500 g/mol. The number of ether oxygens (including phenoxy) is 1. The molecule has 0 saturated carbocycles. The van der Waals surface area contributed by atoms with E-state index in [-0.39, 0.29) is 5.91 Å². The maximum atomic E-state index is 12.4. The molecule has 2 aliphatic rings. The van der Waals surface area contributed by atoms with Crippen LogP contribution >= 0.6 is 11.3 Å². The third-order valence-corrected chi connectivity index (χ3v) is 8.87. The fraction of sp³-hybridized carbons (Fsp3) is 0.481. The third-order valence-electron chi connectivity index (χ3n) is 7.77. The van der Waals surface area contributed by atoms with E-state index >= 15 is 0 Å². The number of hydrogen-bond donors (Lipinski definition) is 2. The van der Waals surface area contributed by atoms with Gasteiger partial charge in [-0.2, -0.15) is 5.10 Å². The van der Waals surface area contributed by atoms with Gasteiger partial charge in [0.1, 0.15) is 0 Å². The molecule has 4 aromatic rings. The molecule has 2 N–H and O–H groups in total. The summed E-state index contributed by atoms with van der Waals surface area (Å²) in [6, 6.07) is 8.33. The number of H-pyrrole nitrogens is 1. The molecule has 1 amide bonds. The van der Waals surface area contributed by atoms with Crippen LogP contribution in [0.5, 0.6) is 0 Å². The molecule has 6 rings (SSSR count). The molecule has 3 aromatic heterocycles. The molecule has 0 aliphatic carbocycles. The van der Waals surface area contributed by atoms with Crippen molar-refractivity contribution in [2.24, 2.45) is 0 Å². The lowest BCUT2D eigenvalue weighted by atomic mass is 10.0. The van der Waals surface area contributed by atoms with Crippen molar-refractivity contribution in [2.45, 2.75) is 25.9 Å². The molecule has 1 aromatic carbocycles. The number of amides is 1. The largest absolute Gasteiger partial charge is 0.378 e. The fourth-order valence-electron chi connectivity index (χ4n) is 5.45. The van der Waals surface area contributed by atoms with Crippen LogP contribution in [0.15, 0.2) is 30.5 Å². The summed E-state index contributed by atoms with van der Waals surface area (Å²) in [5.41, 5.74) is 2.44. The summed E-state index contributed by atoms with van der Waals surface area (Å²) >= 11 is 1.79. The quantitative estimate of drug-likeness (QED) is 0.389. The van der Waals surface area contributed by atoms with E-state index in [2.05, 4.69) is 42.3 Å². The number of aromatic amines is 1. The van der Waals surface area contributed by atoms with Crippen LogP contribution in [-0.4, -0.2) is 101 Å². The smallest absolute Gasteiger partial charge is 0.239 e. The van der Waals surface area contributed by atoms with Gasteiger partial charge in [0.15, 0.2) is 11.6 Å². The first-order valence-corrected chi connectivity index (χ1v) is 14.0. The van der Waals surface area contributed by atoms with Gasteiger partial charge in [-0.15, -0.1) is 11.3 Å². The number of hydrogen-bond acceptors (Lipinski definition) is 9. The summed E-state index contributed by atoms with van der Waals surface area (Å²) in [5.74, 6) is 1.77.